The number of quaternary nitrogens is 1. The van der Waals surface area contributed by atoms with E-state index in [0.717, 1.165) is 36.4 Å². The van der Waals surface area contributed by atoms with Crippen LogP contribution in [-0.2, 0) is 13.1 Å². The summed E-state index contributed by atoms with van der Waals surface area (Å²) in [6, 6.07) is 16.5. The zero-order valence-electron chi connectivity index (χ0n) is 16.8. The maximum Gasteiger partial charge on any atom is 0.291 e. The van der Waals surface area contributed by atoms with E-state index in [1.807, 2.05) is 35.0 Å². The molecule has 0 aliphatic carbocycles. The number of nitrogens with one attached hydrogen (secondary N) is 1. The Morgan fingerprint density at radius 3 is 2.76 bits per heavy atom. The summed E-state index contributed by atoms with van der Waals surface area (Å²) in [7, 11) is 3.40. The second-order valence-corrected chi connectivity index (χ2v) is 7.64. The molecule has 0 amide bonds. The zero-order chi connectivity index (χ0) is 20.2. The minimum atomic E-state index is 0.302. The average molecular weight is 413 g/mol. The molecule has 0 radical (unpaired) electrons. The van der Waals surface area contributed by atoms with Crippen LogP contribution in [0, 0.1) is 4.84 Å². The van der Waals surface area contributed by atoms with Crippen LogP contribution < -0.4 is 14.4 Å². The highest BCUT2D eigenvalue weighted by atomic mass is 32.1. The molecule has 1 unspecified atom stereocenters. The first-order valence-electron chi connectivity index (χ1n) is 9.85. The Balaban J connectivity index is 1.54. The Morgan fingerprint density at radius 1 is 1.17 bits per heavy atom. The van der Waals surface area contributed by atoms with Crippen LogP contribution in [0.25, 0.3) is 0 Å². The molecule has 3 aromatic rings. The third-order valence-electron chi connectivity index (χ3n) is 5.49. The zero-order valence-corrected chi connectivity index (χ0v) is 17.6. The van der Waals surface area contributed by atoms with Gasteiger partial charge in [-0.25, -0.2) is 0 Å². The highest BCUT2D eigenvalue weighted by Gasteiger charge is 2.33. The van der Waals surface area contributed by atoms with Crippen molar-refractivity contribution in [2.75, 3.05) is 20.8 Å². The van der Waals surface area contributed by atoms with E-state index in [1.54, 1.807) is 14.2 Å². The molecule has 1 aliphatic heterocycles. The monoisotopic (exact) mass is 412 g/mol. The van der Waals surface area contributed by atoms with Gasteiger partial charge in [0.05, 0.1) is 32.7 Å². The fourth-order valence-electron chi connectivity index (χ4n) is 4.07. The van der Waals surface area contributed by atoms with E-state index in [-0.39, 0.29) is 0 Å². The number of rotatable bonds is 7. The summed E-state index contributed by atoms with van der Waals surface area (Å²) in [4.78, 5) is 1.82. The third kappa shape index (κ3) is 4.36. The van der Waals surface area contributed by atoms with Gasteiger partial charge in [0.15, 0.2) is 6.67 Å². The van der Waals surface area contributed by atoms with E-state index in [9.17, 15) is 0 Å². The van der Waals surface area contributed by atoms with Crippen LogP contribution in [0.5, 0.6) is 11.5 Å². The number of hydrogen-bond donors (Lipinski definition) is 1. The highest BCUT2D eigenvalue weighted by Crippen LogP contribution is 2.31. The van der Waals surface area contributed by atoms with Crippen LogP contribution in [0.15, 0.2) is 52.9 Å². The van der Waals surface area contributed by atoms with Gasteiger partial charge in [-0.3, -0.25) is 0 Å². The highest BCUT2D eigenvalue weighted by molar-refractivity contribution is 7.71. The smallest absolute Gasteiger partial charge is 0.291 e. The topological polar surface area (TPSA) is 53.9 Å². The lowest BCUT2D eigenvalue weighted by Crippen LogP contribution is -3.09. The van der Waals surface area contributed by atoms with Crippen molar-refractivity contribution in [1.82, 2.24) is 9.78 Å². The van der Waals surface area contributed by atoms with Crippen molar-refractivity contribution in [3.63, 3.8) is 0 Å². The number of nitrogens with zero attached hydrogens (tertiary/aromatic N) is 2. The van der Waals surface area contributed by atoms with Gasteiger partial charge in [-0.15, -0.1) is 5.10 Å². The Hall–Kier alpha value is -2.64. The summed E-state index contributed by atoms with van der Waals surface area (Å²) in [5.74, 6) is 2.38. The molecule has 2 aromatic carbocycles. The standard InChI is InChI=1S/C22H25N3O3S/c1-26-17-10-11-20(27-2)18(14-17)19-9-6-12-24(19)15-25-22(29)28-21(23-25)13-16-7-4-3-5-8-16/h3-5,7-8,10-11,14,19H,6,9,12-13,15H2,1-2H3/p+1/t19-/m1/s1. The molecule has 2 atom stereocenters. The van der Waals surface area contributed by atoms with E-state index in [2.05, 4.69) is 23.3 Å². The van der Waals surface area contributed by atoms with Gasteiger partial charge >= 0.3 is 0 Å². The van der Waals surface area contributed by atoms with Crippen molar-refractivity contribution in [3.8, 4) is 11.5 Å². The van der Waals surface area contributed by atoms with Crippen LogP contribution >= 0.6 is 12.2 Å². The molecular formula is C22H26N3O3S+. The van der Waals surface area contributed by atoms with Crippen molar-refractivity contribution in [3.05, 3.63) is 70.4 Å². The molecule has 1 aliphatic rings. The van der Waals surface area contributed by atoms with Gasteiger partial charge in [0.25, 0.3) is 4.84 Å². The van der Waals surface area contributed by atoms with Crippen LogP contribution in [0.2, 0.25) is 0 Å². The van der Waals surface area contributed by atoms with E-state index < -0.39 is 0 Å². The number of aromatic nitrogens is 2. The molecule has 2 heterocycles. The molecule has 0 saturated carbocycles. The normalized spacial score (nSPS) is 18.7. The predicted octanol–water partition coefficient (Wildman–Crippen LogP) is 3.19. The molecule has 1 saturated heterocycles. The molecule has 152 valence electrons. The molecule has 1 aromatic heterocycles. The molecule has 7 heteroatoms. The van der Waals surface area contributed by atoms with Gasteiger partial charge in [-0.05, 0) is 36.0 Å². The van der Waals surface area contributed by atoms with E-state index in [4.69, 9.17) is 26.1 Å². The van der Waals surface area contributed by atoms with Crippen molar-refractivity contribution in [1.29, 1.82) is 0 Å². The summed E-state index contributed by atoms with van der Waals surface area (Å²) < 4.78 is 18.6. The first-order valence-corrected chi connectivity index (χ1v) is 10.3. The first kappa shape index (κ1) is 19.7. The summed E-state index contributed by atoms with van der Waals surface area (Å²) in [6.07, 6.45) is 2.86. The van der Waals surface area contributed by atoms with Crippen LogP contribution in [0.3, 0.4) is 0 Å². The number of benzene rings is 2. The largest absolute Gasteiger partial charge is 0.497 e. The number of hydrogen-bond acceptors (Lipinski definition) is 5. The minimum absolute atomic E-state index is 0.302. The van der Waals surface area contributed by atoms with Gasteiger partial charge in [0, 0.05) is 12.8 Å². The maximum atomic E-state index is 5.76. The van der Waals surface area contributed by atoms with Crippen molar-refractivity contribution in [2.45, 2.75) is 32.0 Å². The van der Waals surface area contributed by atoms with Crippen LogP contribution in [0.1, 0.15) is 35.9 Å². The fraction of sp³-hybridized carbons (Fsp3) is 0.364. The minimum Gasteiger partial charge on any atom is -0.497 e. The second-order valence-electron chi connectivity index (χ2n) is 7.29. The molecule has 1 fully saturated rings. The van der Waals surface area contributed by atoms with Gasteiger partial charge in [-0.1, -0.05) is 30.3 Å². The summed E-state index contributed by atoms with van der Waals surface area (Å²) in [5.41, 5.74) is 2.32. The molecule has 0 spiro atoms. The Morgan fingerprint density at radius 2 is 2.00 bits per heavy atom. The van der Waals surface area contributed by atoms with Crippen molar-refractivity contribution >= 4 is 12.2 Å². The second kappa shape index (κ2) is 8.80. The quantitative estimate of drug-likeness (QED) is 0.604. The molecular weight excluding hydrogens is 386 g/mol. The van der Waals surface area contributed by atoms with Gasteiger partial charge in [0.1, 0.15) is 17.5 Å². The number of methoxy groups -OCH3 is 2. The molecule has 0 bridgehead atoms. The molecule has 29 heavy (non-hydrogen) atoms. The third-order valence-corrected chi connectivity index (χ3v) is 5.79. The number of likely N-dealkylation sites (tertiary alicyclic amines) is 1. The van der Waals surface area contributed by atoms with Crippen molar-refractivity contribution < 1.29 is 18.8 Å². The van der Waals surface area contributed by atoms with Crippen molar-refractivity contribution in [2.24, 2.45) is 0 Å². The Kier molecular flexibility index (Phi) is 5.97. The lowest BCUT2D eigenvalue weighted by molar-refractivity contribution is -0.941. The molecule has 1 N–H and O–H groups in total. The van der Waals surface area contributed by atoms with E-state index in [1.165, 1.54) is 10.5 Å². The van der Waals surface area contributed by atoms with E-state index in [0.29, 0.717) is 29.9 Å². The maximum absolute atomic E-state index is 5.76. The lowest BCUT2D eigenvalue weighted by Gasteiger charge is -2.23. The van der Waals surface area contributed by atoms with Crippen LogP contribution in [-0.4, -0.2) is 30.5 Å². The van der Waals surface area contributed by atoms with E-state index >= 15 is 0 Å². The Labute approximate surface area is 175 Å². The average Bonchev–Trinajstić information content (AvgIpc) is 3.34. The Bertz CT molecular complexity index is 1020. The van der Waals surface area contributed by atoms with Crippen LogP contribution in [0.4, 0.5) is 0 Å². The summed E-state index contributed by atoms with van der Waals surface area (Å²) in [5, 5.41) is 4.64. The van der Waals surface area contributed by atoms with Gasteiger partial charge in [-0.2, -0.15) is 4.68 Å². The summed E-state index contributed by atoms with van der Waals surface area (Å²) in [6.45, 7) is 1.72. The predicted molar refractivity (Wildman–Crippen MR) is 112 cm³/mol. The SMILES string of the molecule is COc1ccc(OC)c([C@H]2CCC[NH+]2Cn2nc(Cc3ccccc3)oc2=S)c1. The lowest BCUT2D eigenvalue weighted by atomic mass is 10.0. The fourth-order valence-corrected chi connectivity index (χ4v) is 4.27. The molecule has 4 rings (SSSR count). The first-order chi connectivity index (χ1) is 14.2. The van der Waals surface area contributed by atoms with Gasteiger partial charge in [0.2, 0.25) is 5.89 Å². The number of ether oxygens (including phenoxy) is 2. The van der Waals surface area contributed by atoms with Gasteiger partial charge < -0.3 is 18.8 Å². The molecule has 6 nitrogen and oxygen atoms in total. The summed E-state index contributed by atoms with van der Waals surface area (Å²) >= 11 is 5.44.